The van der Waals surface area contributed by atoms with E-state index in [0.717, 1.165) is 54.4 Å². The van der Waals surface area contributed by atoms with E-state index in [1.165, 1.54) is 35.1 Å². The molecular formula is C23H27N5OS. The molecule has 7 heteroatoms. The van der Waals surface area contributed by atoms with Gasteiger partial charge < -0.3 is 10.2 Å². The molecule has 30 heavy (non-hydrogen) atoms. The van der Waals surface area contributed by atoms with Crippen molar-refractivity contribution in [3.8, 4) is 0 Å². The Morgan fingerprint density at radius 3 is 2.87 bits per heavy atom. The molecule has 0 unspecified atom stereocenters. The van der Waals surface area contributed by atoms with Gasteiger partial charge in [-0.2, -0.15) is 0 Å². The molecule has 1 N–H and O–H groups in total. The maximum atomic E-state index is 12.7. The van der Waals surface area contributed by atoms with E-state index in [1.54, 1.807) is 12.4 Å². The first-order valence-corrected chi connectivity index (χ1v) is 11.7. The van der Waals surface area contributed by atoms with Crippen molar-refractivity contribution in [2.75, 3.05) is 18.0 Å². The van der Waals surface area contributed by atoms with Gasteiger partial charge in [0.15, 0.2) is 0 Å². The normalized spacial score (nSPS) is 17.2. The minimum absolute atomic E-state index is 0.0627. The summed E-state index contributed by atoms with van der Waals surface area (Å²) in [5.41, 5.74) is 2.51. The van der Waals surface area contributed by atoms with Crippen molar-refractivity contribution in [1.29, 1.82) is 0 Å². The third kappa shape index (κ3) is 3.78. The molecule has 0 atom stereocenters. The first-order valence-electron chi connectivity index (χ1n) is 10.9. The Hall–Kier alpha value is -2.54. The summed E-state index contributed by atoms with van der Waals surface area (Å²) in [6, 6.07) is 3.88. The van der Waals surface area contributed by atoms with Gasteiger partial charge in [0.05, 0.1) is 5.39 Å². The van der Waals surface area contributed by atoms with E-state index in [4.69, 9.17) is 9.97 Å². The van der Waals surface area contributed by atoms with E-state index in [2.05, 4.69) is 15.2 Å². The number of thiophene rings is 1. The number of hydrogen-bond acceptors (Lipinski definition) is 6. The van der Waals surface area contributed by atoms with Crippen LogP contribution in [0.2, 0.25) is 0 Å². The van der Waals surface area contributed by atoms with E-state index in [0.29, 0.717) is 6.54 Å². The zero-order chi connectivity index (χ0) is 20.5. The van der Waals surface area contributed by atoms with Gasteiger partial charge in [-0.05, 0) is 62.6 Å². The van der Waals surface area contributed by atoms with E-state index in [1.807, 2.05) is 30.4 Å². The predicted octanol–water partition coefficient (Wildman–Crippen LogP) is 3.81. The summed E-state index contributed by atoms with van der Waals surface area (Å²) in [6.07, 6.45) is 10.1. The number of nitrogens with one attached hydrogen (secondary N) is 1. The molecule has 1 aliphatic heterocycles. The number of carbonyl (C=O) groups excluding carboxylic acids is 1. The highest BCUT2D eigenvalue weighted by Gasteiger charge is 2.28. The Kier molecular flexibility index (Phi) is 5.37. The largest absolute Gasteiger partial charge is 0.356 e. The summed E-state index contributed by atoms with van der Waals surface area (Å²) >= 11 is 1.86. The Balaban J connectivity index is 1.29. The lowest BCUT2D eigenvalue weighted by Crippen LogP contribution is -2.40. The molecular weight excluding hydrogens is 394 g/mol. The van der Waals surface area contributed by atoms with Crippen LogP contribution in [-0.4, -0.2) is 33.9 Å². The second-order valence-corrected chi connectivity index (χ2v) is 9.41. The van der Waals surface area contributed by atoms with E-state index < -0.39 is 0 Å². The van der Waals surface area contributed by atoms with Gasteiger partial charge in [0.25, 0.3) is 0 Å². The minimum Gasteiger partial charge on any atom is -0.356 e. The number of rotatable bonds is 4. The zero-order valence-corrected chi connectivity index (χ0v) is 18.2. The van der Waals surface area contributed by atoms with Gasteiger partial charge in [-0.25, -0.2) is 9.97 Å². The van der Waals surface area contributed by atoms with E-state index in [9.17, 15) is 4.79 Å². The molecule has 0 aromatic carbocycles. The van der Waals surface area contributed by atoms with Crippen LogP contribution < -0.4 is 10.2 Å². The summed E-state index contributed by atoms with van der Waals surface area (Å²) < 4.78 is 0. The highest BCUT2D eigenvalue weighted by atomic mass is 32.1. The molecule has 1 fully saturated rings. The van der Waals surface area contributed by atoms with Crippen molar-refractivity contribution in [2.45, 2.75) is 52.0 Å². The highest BCUT2D eigenvalue weighted by Crippen LogP contribution is 2.40. The number of aryl methyl sites for hydroxylation is 3. The van der Waals surface area contributed by atoms with Crippen LogP contribution in [0.15, 0.2) is 24.5 Å². The van der Waals surface area contributed by atoms with Crippen molar-refractivity contribution < 1.29 is 4.79 Å². The maximum absolute atomic E-state index is 12.7. The minimum atomic E-state index is 0.0627. The van der Waals surface area contributed by atoms with Crippen LogP contribution in [0.3, 0.4) is 0 Å². The standard InChI is InChI=1S/C23H27N5OS/c1-15-26-21(20-18-6-2-3-7-19(18)30-23(20)27-15)28-11-8-17(9-12-28)22(29)25-14-16-5-4-10-24-13-16/h4-5,10,13,17H,2-3,6-9,11-12,14H2,1H3,(H,25,29). The third-order valence-electron chi connectivity index (χ3n) is 6.26. The molecule has 5 rings (SSSR count). The average molecular weight is 422 g/mol. The number of piperidine rings is 1. The Morgan fingerprint density at radius 1 is 1.23 bits per heavy atom. The monoisotopic (exact) mass is 421 g/mol. The lowest BCUT2D eigenvalue weighted by Gasteiger charge is -2.33. The number of hydrogen-bond donors (Lipinski definition) is 1. The van der Waals surface area contributed by atoms with E-state index >= 15 is 0 Å². The van der Waals surface area contributed by atoms with Crippen molar-refractivity contribution in [1.82, 2.24) is 20.3 Å². The number of amides is 1. The van der Waals surface area contributed by atoms with Crippen LogP contribution in [0, 0.1) is 12.8 Å². The second-order valence-electron chi connectivity index (χ2n) is 8.33. The van der Waals surface area contributed by atoms with Crippen molar-refractivity contribution >= 4 is 33.3 Å². The van der Waals surface area contributed by atoms with Crippen LogP contribution in [-0.2, 0) is 24.2 Å². The Labute approximate surface area is 180 Å². The zero-order valence-electron chi connectivity index (χ0n) is 17.4. The maximum Gasteiger partial charge on any atom is 0.223 e. The van der Waals surface area contributed by atoms with Gasteiger partial charge in [0.1, 0.15) is 16.5 Å². The molecule has 1 amide bonds. The first kappa shape index (κ1) is 19.4. The van der Waals surface area contributed by atoms with Crippen LogP contribution in [0.4, 0.5) is 5.82 Å². The first-order chi connectivity index (χ1) is 14.7. The fraction of sp³-hybridized carbons (Fsp3) is 0.478. The molecule has 156 valence electrons. The van der Waals surface area contributed by atoms with Gasteiger partial charge in [0.2, 0.25) is 5.91 Å². The van der Waals surface area contributed by atoms with Crippen LogP contribution in [0.25, 0.3) is 10.2 Å². The fourth-order valence-electron chi connectivity index (χ4n) is 4.66. The summed E-state index contributed by atoms with van der Waals surface area (Å²) in [5, 5.41) is 4.35. The topological polar surface area (TPSA) is 71.0 Å². The second kappa shape index (κ2) is 8.30. The summed E-state index contributed by atoms with van der Waals surface area (Å²) in [6.45, 7) is 4.25. The predicted molar refractivity (Wildman–Crippen MR) is 120 cm³/mol. The number of pyridine rings is 1. The third-order valence-corrected chi connectivity index (χ3v) is 7.45. The number of nitrogens with zero attached hydrogens (tertiary/aromatic N) is 4. The van der Waals surface area contributed by atoms with Crippen molar-refractivity contribution in [3.63, 3.8) is 0 Å². The number of aromatic nitrogens is 3. The lowest BCUT2D eigenvalue weighted by atomic mass is 9.94. The molecule has 1 saturated heterocycles. The summed E-state index contributed by atoms with van der Waals surface area (Å²) in [5.74, 6) is 2.14. The lowest BCUT2D eigenvalue weighted by molar-refractivity contribution is -0.125. The van der Waals surface area contributed by atoms with Gasteiger partial charge >= 0.3 is 0 Å². The summed E-state index contributed by atoms with van der Waals surface area (Å²) in [4.78, 5) is 31.4. The quantitative estimate of drug-likeness (QED) is 0.694. The van der Waals surface area contributed by atoms with Crippen LogP contribution >= 0.6 is 11.3 Å². The van der Waals surface area contributed by atoms with Crippen molar-refractivity contribution in [3.05, 3.63) is 46.4 Å². The van der Waals surface area contributed by atoms with Gasteiger partial charge in [-0.15, -0.1) is 11.3 Å². The molecule has 0 spiro atoms. The van der Waals surface area contributed by atoms with Crippen LogP contribution in [0.5, 0.6) is 0 Å². The fourth-order valence-corrected chi connectivity index (χ4v) is 5.96. The Morgan fingerprint density at radius 2 is 2.07 bits per heavy atom. The van der Waals surface area contributed by atoms with E-state index in [-0.39, 0.29) is 11.8 Å². The molecule has 2 aliphatic rings. The molecule has 0 saturated carbocycles. The molecule has 3 aromatic heterocycles. The average Bonchev–Trinajstić information content (AvgIpc) is 3.16. The van der Waals surface area contributed by atoms with Crippen molar-refractivity contribution in [2.24, 2.45) is 5.92 Å². The number of carbonyl (C=O) groups is 1. The number of fused-ring (bicyclic) bond motifs is 3. The molecule has 0 bridgehead atoms. The molecule has 1 aliphatic carbocycles. The molecule has 0 radical (unpaired) electrons. The SMILES string of the molecule is Cc1nc(N2CCC(C(=O)NCc3cccnc3)CC2)c2c3c(sc2n1)CCCC3. The van der Waals surface area contributed by atoms with Crippen LogP contribution in [0.1, 0.15) is 47.5 Å². The summed E-state index contributed by atoms with van der Waals surface area (Å²) in [7, 11) is 0. The smallest absolute Gasteiger partial charge is 0.223 e. The Bertz CT molecular complexity index is 1060. The molecule has 3 aromatic rings. The molecule has 6 nitrogen and oxygen atoms in total. The highest BCUT2D eigenvalue weighted by molar-refractivity contribution is 7.19. The van der Waals surface area contributed by atoms with Gasteiger partial charge in [-0.3, -0.25) is 9.78 Å². The van der Waals surface area contributed by atoms with Gasteiger partial charge in [-0.1, -0.05) is 6.07 Å². The van der Waals surface area contributed by atoms with Gasteiger partial charge in [0, 0.05) is 42.8 Å². The molecule has 4 heterocycles. The number of anilines is 1.